The maximum Gasteiger partial charge on any atom is 0.339 e. The highest BCUT2D eigenvalue weighted by atomic mass is 16.5. The zero-order valence-electron chi connectivity index (χ0n) is 12.6. The van der Waals surface area contributed by atoms with E-state index in [-0.39, 0.29) is 6.61 Å². The molecule has 0 spiro atoms. The summed E-state index contributed by atoms with van der Waals surface area (Å²) in [5.41, 5.74) is -0.172. The maximum absolute atomic E-state index is 11.8. The van der Waals surface area contributed by atoms with Gasteiger partial charge in [0.2, 0.25) is 5.72 Å². The molecule has 1 atom stereocenters. The molecule has 2 N–H and O–H groups in total. The third-order valence-corrected chi connectivity index (χ3v) is 3.12. The van der Waals surface area contributed by atoms with Crippen LogP contribution in [0.25, 0.3) is 0 Å². The minimum absolute atomic E-state index is 0.280. The van der Waals surface area contributed by atoms with Crippen molar-refractivity contribution in [2.75, 3.05) is 19.0 Å². The van der Waals surface area contributed by atoms with Gasteiger partial charge in [-0.3, -0.25) is 0 Å². The molecule has 0 amide bonds. The van der Waals surface area contributed by atoms with Gasteiger partial charge < -0.3 is 19.9 Å². The second kappa shape index (κ2) is 6.95. The Morgan fingerprint density at radius 1 is 1.14 bits per heavy atom. The SMILES string of the molecule is COC(=O)c1ccccc1NC(C)(CO)Oc1ccccc1. The Hall–Kier alpha value is -2.53. The second-order valence-electron chi connectivity index (χ2n) is 4.97. The molecule has 22 heavy (non-hydrogen) atoms. The lowest BCUT2D eigenvalue weighted by atomic mass is 10.1. The predicted octanol–water partition coefficient (Wildman–Crippen LogP) is 2.67. The molecule has 2 rings (SSSR count). The summed E-state index contributed by atoms with van der Waals surface area (Å²) >= 11 is 0. The van der Waals surface area contributed by atoms with Crippen LogP contribution in [0.1, 0.15) is 17.3 Å². The summed E-state index contributed by atoms with van der Waals surface area (Å²) in [5.74, 6) is 0.158. The van der Waals surface area contributed by atoms with Crippen LogP contribution in [0.3, 0.4) is 0 Å². The van der Waals surface area contributed by atoms with Crippen molar-refractivity contribution in [3.63, 3.8) is 0 Å². The Balaban J connectivity index is 2.25. The maximum atomic E-state index is 11.8. The van der Waals surface area contributed by atoms with E-state index in [9.17, 15) is 9.90 Å². The van der Waals surface area contributed by atoms with Gasteiger partial charge in [0.15, 0.2) is 0 Å². The Kier molecular flexibility index (Phi) is 5.01. The van der Waals surface area contributed by atoms with Gasteiger partial charge in [0, 0.05) is 0 Å². The molecule has 2 aromatic carbocycles. The number of rotatable bonds is 6. The molecule has 0 saturated heterocycles. The summed E-state index contributed by atoms with van der Waals surface area (Å²) in [5, 5.41) is 12.8. The first-order valence-corrected chi connectivity index (χ1v) is 6.88. The molecule has 0 aliphatic heterocycles. The number of para-hydroxylation sites is 2. The molecule has 5 heteroatoms. The van der Waals surface area contributed by atoms with Crippen LogP contribution in [-0.4, -0.2) is 30.5 Å². The highest BCUT2D eigenvalue weighted by Crippen LogP contribution is 2.23. The molecular formula is C17H19NO4. The van der Waals surface area contributed by atoms with Crippen LogP contribution in [0, 0.1) is 0 Å². The van der Waals surface area contributed by atoms with Crippen molar-refractivity contribution in [3.8, 4) is 5.75 Å². The van der Waals surface area contributed by atoms with Gasteiger partial charge >= 0.3 is 5.97 Å². The van der Waals surface area contributed by atoms with E-state index in [1.165, 1.54) is 7.11 Å². The molecule has 0 aliphatic carbocycles. The van der Waals surface area contributed by atoms with E-state index < -0.39 is 11.7 Å². The second-order valence-corrected chi connectivity index (χ2v) is 4.97. The van der Waals surface area contributed by atoms with Gasteiger partial charge in [-0.25, -0.2) is 4.79 Å². The highest BCUT2D eigenvalue weighted by Gasteiger charge is 2.27. The predicted molar refractivity (Wildman–Crippen MR) is 84.0 cm³/mol. The number of benzene rings is 2. The van der Waals surface area contributed by atoms with Crippen molar-refractivity contribution in [2.24, 2.45) is 0 Å². The van der Waals surface area contributed by atoms with E-state index in [1.54, 1.807) is 43.3 Å². The first-order valence-electron chi connectivity index (χ1n) is 6.88. The molecule has 0 fully saturated rings. The molecule has 0 radical (unpaired) electrons. The van der Waals surface area contributed by atoms with Crippen LogP contribution >= 0.6 is 0 Å². The molecule has 0 saturated carbocycles. The van der Waals surface area contributed by atoms with Crippen molar-refractivity contribution in [3.05, 3.63) is 60.2 Å². The monoisotopic (exact) mass is 301 g/mol. The molecule has 116 valence electrons. The molecule has 2 aromatic rings. The number of hydrogen-bond donors (Lipinski definition) is 2. The lowest BCUT2D eigenvalue weighted by Gasteiger charge is -2.31. The fraction of sp³-hybridized carbons (Fsp3) is 0.235. The van der Waals surface area contributed by atoms with Gasteiger partial charge in [-0.2, -0.15) is 0 Å². The lowest BCUT2D eigenvalue weighted by molar-refractivity contribution is 0.0486. The number of esters is 1. The molecule has 0 bridgehead atoms. The van der Waals surface area contributed by atoms with Gasteiger partial charge in [0.05, 0.1) is 18.4 Å². The number of carbonyl (C=O) groups excluding carboxylic acids is 1. The number of carbonyl (C=O) groups is 1. The summed E-state index contributed by atoms with van der Waals surface area (Å²) in [6, 6.07) is 16.1. The van der Waals surface area contributed by atoms with Crippen LogP contribution in [0.15, 0.2) is 54.6 Å². The molecule has 0 heterocycles. The first kappa shape index (κ1) is 15.9. The first-order chi connectivity index (χ1) is 10.6. The van der Waals surface area contributed by atoms with Gasteiger partial charge in [0.1, 0.15) is 12.4 Å². The smallest absolute Gasteiger partial charge is 0.339 e. The average Bonchev–Trinajstić information content (AvgIpc) is 2.55. The summed E-state index contributed by atoms with van der Waals surface area (Å²) < 4.78 is 10.6. The van der Waals surface area contributed by atoms with Crippen molar-refractivity contribution >= 4 is 11.7 Å². The van der Waals surface area contributed by atoms with E-state index >= 15 is 0 Å². The number of nitrogens with one attached hydrogen (secondary N) is 1. The minimum Gasteiger partial charge on any atom is -0.466 e. The van der Waals surface area contributed by atoms with E-state index in [0.717, 1.165) is 0 Å². The van der Waals surface area contributed by atoms with Crippen molar-refractivity contribution in [2.45, 2.75) is 12.6 Å². The van der Waals surface area contributed by atoms with Crippen molar-refractivity contribution < 1.29 is 19.4 Å². The number of ether oxygens (including phenoxy) is 2. The van der Waals surface area contributed by atoms with E-state index in [2.05, 4.69) is 5.32 Å². The standard InChI is InChI=1S/C17H19NO4/c1-17(12-19,22-13-8-4-3-5-9-13)18-15-11-7-6-10-14(15)16(20)21-2/h3-11,18-19H,12H2,1-2H3. The highest BCUT2D eigenvalue weighted by molar-refractivity contribution is 5.95. The molecular weight excluding hydrogens is 282 g/mol. The van der Waals surface area contributed by atoms with E-state index in [4.69, 9.17) is 9.47 Å². The topological polar surface area (TPSA) is 67.8 Å². The fourth-order valence-electron chi connectivity index (χ4n) is 2.01. The molecule has 5 nitrogen and oxygen atoms in total. The fourth-order valence-corrected chi connectivity index (χ4v) is 2.01. The largest absolute Gasteiger partial charge is 0.466 e. The molecule has 0 aliphatic rings. The van der Waals surface area contributed by atoms with Gasteiger partial charge in [-0.1, -0.05) is 30.3 Å². The Labute approximate surface area is 129 Å². The summed E-state index contributed by atoms with van der Waals surface area (Å²) in [6.07, 6.45) is 0. The minimum atomic E-state index is -1.08. The van der Waals surface area contributed by atoms with Gasteiger partial charge in [-0.05, 0) is 31.2 Å². The number of anilines is 1. The lowest BCUT2D eigenvalue weighted by Crippen LogP contribution is -2.45. The van der Waals surface area contributed by atoms with Crippen molar-refractivity contribution in [1.82, 2.24) is 0 Å². The van der Waals surface area contributed by atoms with Crippen LogP contribution in [-0.2, 0) is 4.74 Å². The summed E-state index contributed by atoms with van der Waals surface area (Å²) in [7, 11) is 1.32. The Morgan fingerprint density at radius 2 is 1.77 bits per heavy atom. The zero-order valence-corrected chi connectivity index (χ0v) is 12.6. The van der Waals surface area contributed by atoms with E-state index in [0.29, 0.717) is 17.0 Å². The van der Waals surface area contributed by atoms with Crippen LogP contribution in [0.4, 0.5) is 5.69 Å². The van der Waals surface area contributed by atoms with Gasteiger partial charge in [0.25, 0.3) is 0 Å². The van der Waals surface area contributed by atoms with Crippen LogP contribution in [0.5, 0.6) is 5.75 Å². The number of methoxy groups -OCH3 is 1. The number of aliphatic hydroxyl groups excluding tert-OH is 1. The van der Waals surface area contributed by atoms with E-state index in [1.807, 2.05) is 18.2 Å². The average molecular weight is 301 g/mol. The summed E-state index contributed by atoms with van der Waals surface area (Å²) in [6.45, 7) is 1.42. The normalized spacial score (nSPS) is 13.0. The third-order valence-electron chi connectivity index (χ3n) is 3.12. The molecule has 1 unspecified atom stereocenters. The van der Waals surface area contributed by atoms with Crippen LogP contribution in [0.2, 0.25) is 0 Å². The Morgan fingerprint density at radius 3 is 2.41 bits per heavy atom. The quantitative estimate of drug-likeness (QED) is 0.634. The number of aliphatic hydroxyl groups is 1. The number of hydrogen-bond acceptors (Lipinski definition) is 5. The zero-order chi connectivity index (χ0) is 16.0. The molecule has 0 aromatic heterocycles. The third kappa shape index (κ3) is 3.77. The summed E-state index contributed by atoms with van der Waals surface area (Å²) in [4.78, 5) is 11.8. The Bertz CT molecular complexity index is 630. The van der Waals surface area contributed by atoms with Crippen LogP contribution < -0.4 is 10.1 Å². The van der Waals surface area contributed by atoms with Crippen molar-refractivity contribution in [1.29, 1.82) is 0 Å². The van der Waals surface area contributed by atoms with Gasteiger partial charge in [-0.15, -0.1) is 0 Å².